The highest BCUT2D eigenvalue weighted by molar-refractivity contribution is 7.35. The highest BCUT2D eigenvalue weighted by atomic mass is 29.2. The van der Waals surface area contributed by atoms with Crippen molar-refractivity contribution in [2.75, 3.05) is 6.54 Å². The van der Waals surface area contributed by atoms with Crippen molar-refractivity contribution in [3.05, 3.63) is 11.3 Å². The molecule has 18 heavy (non-hydrogen) atoms. The van der Waals surface area contributed by atoms with E-state index in [1.165, 1.54) is 30.7 Å². The topological polar surface area (TPSA) is 12.0 Å². The SMILES string of the molecule is CC[Si](CC)(CC)[SiH](C=C(C)C)CCNC(C)C. The lowest BCUT2D eigenvalue weighted by Crippen LogP contribution is -2.50. The van der Waals surface area contributed by atoms with Crippen molar-refractivity contribution < 1.29 is 0 Å². The van der Waals surface area contributed by atoms with Gasteiger partial charge in [-0.3, -0.25) is 0 Å². The molecule has 0 aliphatic carbocycles. The number of hydrogen-bond donors (Lipinski definition) is 1. The van der Waals surface area contributed by atoms with Crippen LogP contribution in [-0.2, 0) is 0 Å². The first kappa shape index (κ1) is 18.1. The predicted octanol–water partition coefficient (Wildman–Crippen LogP) is 4.30. The Balaban J connectivity index is 4.80. The van der Waals surface area contributed by atoms with E-state index in [4.69, 9.17) is 0 Å². The molecule has 0 bridgehead atoms. The van der Waals surface area contributed by atoms with Crippen LogP contribution in [0.15, 0.2) is 11.3 Å². The van der Waals surface area contributed by atoms with E-state index < -0.39 is 15.9 Å². The normalized spacial score (nSPS) is 13.8. The highest BCUT2D eigenvalue weighted by Gasteiger charge is 2.35. The summed E-state index contributed by atoms with van der Waals surface area (Å²) in [5, 5.41) is 3.62. The Morgan fingerprint density at radius 3 is 1.94 bits per heavy atom. The van der Waals surface area contributed by atoms with E-state index in [-0.39, 0.29) is 0 Å². The van der Waals surface area contributed by atoms with Gasteiger partial charge in [0, 0.05) is 13.6 Å². The molecule has 3 heteroatoms. The summed E-state index contributed by atoms with van der Waals surface area (Å²) in [6, 6.07) is 6.56. The van der Waals surface area contributed by atoms with Crippen LogP contribution in [0, 0.1) is 0 Å². The van der Waals surface area contributed by atoms with Gasteiger partial charge in [0.25, 0.3) is 0 Å². The second-order valence-corrected chi connectivity index (χ2v) is 19.0. The van der Waals surface area contributed by atoms with Crippen molar-refractivity contribution in [3.8, 4) is 0 Å². The zero-order chi connectivity index (χ0) is 14.2. The van der Waals surface area contributed by atoms with E-state index in [2.05, 4.69) is 59.5 Å². The third kappa shape index (κ3) is 5.85. The van der Waals surface area contributed by atoms with Crippen LogP contribution in [0.2, 0.25) is 24.2 Å². The molecule has 0 aromatic heterocycles. The smallest absolute Gasteiger partial charge is 0.0572 e. The second kappa shape index (κ2) is 9.10. The van der Waals surface area contributed by atoms with E-state index in [0.717, 1.165) is 0 Å². The Kier molecular flexibility index (Phi) is 9.17. The van der Waals surface area contributed by atoms with Crippen LogP contribution in [0.5, 0.6) is 0 Å². The summed E-state index contributed by atoms with van der Waals surface area (Å²) in [4.78, 5) is 0. The molecule has 1 unspecified atom stereocenters. The van der Waals surface area contributed by atoms with Gasteiger partial charge in [0.2, 0.25) is 0 Å². The molecule has 0 aromatic rings. The van der Waals surface area contributed by atoms with Gasteiger partial charge in [-0.15, -0.1) is 5.70 Å². The lowest BCUT2D eigenvalue weighted by molar-refractivity contribution is 0.611. The molecule has 0 rings (SSSR count). The molecule has 0 aliphatic heterocycles. The van der Waals surface area contributed by atoms with Gasteiger partial charge in [0.1, 0.15) is 0 Å². The summed E-state index contributed by atoms with van der Waals surface area (Å²) in [7, 11) is -1.65. The Bertz CT molecular complexity index is 233. The number of hydrogen-bond acceptors (Lipinski definition) is 1. The fraction of sp³-hybridized carbons (Fsp3) is 0.867. The Hall–Kier alpha value is 0.134. The number of nitrogens with one attached hydrogen (secondary N) is 1. The van der Waals surface area contributed by atoms with Gasteiger partial charge in [0.05, 0.1) is 8.31 Å². The van der Waals surface area contributed by atoms with Crippen LogP contribution in [0.3, 0.4) is 0 Å². The van der Waals surface area contributed by atoms with Crippen molar-refractivity contribution in [1.29, 1.82) is 0 Å². The minimum absolute atomic E-state index is 0.632. The molecule has 0 aliphatic rings. The van der Waals surface area contributed by atoms with E-state index in [1.54, 1.807) is 5.57 Å². The van der Waals surface area contributed by atoms with E-state index in [1.807, 2.05) is 0 Å². The average Bonchev–Trinajstić information content (AvgIpc) is 2.30. The molecule has 108 valence electrons. The first-order valence-electron chi connectivity index (χ1n) is 7.80. The molecule has 1 nitrogen and oxygen atoms in total. The molecule has 0 aromatic carbocycles. The van der Waals surface area contributed by atoms with Crippen molar-refractivity contribution in [1.82, 2.24) is 5.32 Å². The van der Waals surface area contributed by atoms with Crippen molar-refractivity contribution in [2.24, 2.45) is 0 Å². The van der Waals surface area contributed by atoms with E-state index in [9.17, 15) is 0 Å². The van der Waals surface area contributed by atoms with Gasteiger partial charge < -0.3 is 5.32 Å². The molecular weight excluding hydrogens is 250 g/mol. The van der Waals surface area contributed by atoms with Crippen LogP contribution in [0.25, 0.3) is 0 Å². The van der Waals surface area contributed by atoms with Gasteiger partial charge in [0.15, 0.2) is 0 Å². The minimum atomic E-state index is -0.959. The maximum absolute atomic E-state index is 3.62. The molecule has 0 saturated carbocycles. The van der Waals surface area contributed by atoms with Gasteiger partial charge in [-0.1, -0.05) is 58.3 Å². The van der Waals surface area contributed by atoms with Crippen LogP contribution < -0.4 is 5.32 Å². The molecule has 1 N–H and O–H groups in total. The number of rotatable bonds is 9. The van der Waals surface area contributed by atoms with Crippen molar-refractivity contribution >= 4 is 15.9 Å². The highest BCUT2D eigenvalue weighted by Crippen LogP contribution is 2.26. The maximum atomic E-state index is 3.62. The first-order chi connectivity index (χ1) is 8.41. The van der Waals surface area contributed by atoms with Crippen LogP contribution >= 0.6 is 0 Å². The Morgan fingerprint density at radius 2 is 1.61 bits per heavy atom. The van der Waals surface area contributed by atoms with Gasteiger partial charge in [-0.05, 0) is 26.4 Å². The zero-order valence-electron chi connectivity index (χ0n) is 13.8. The number of allylic oxidation sites excluding steroid dienone is 1. The summed E-state index contributed by atoms with van der Waals surface area (Å²) in [5.74, 6) is 0. The molecule has 0 radical (unpaired) electrons. The van der Waals surface area contributed by atoms with Gasteiger partial charge in [-0.25, -0.2) is 0 Å². The standard InChI is InChI=1S/C15H35NSi2/c1-8-18(9-2,10-3)17(13-14(4)5)12-11-16-15(6)7/h13,15-17H,8-12H2,1-7H3. The third-order valence-corrected chi connectivity index (χ3v) is 22.0. The van der Waals surface area contributed by atoms with Crippen molar-refractivity contribution in [2.45, 2.75) is 78.7 Å². The largest absolute Gasteiger partial charge is 0.315 e. The fourth-order valence-electron chi connectivity index (χ4n) is 3.03. The quantitative estimate of drug-likeness (QED) is 0.623. The van der Waals surface area contributed by atoms with E-state index >= 15 is 0 Å². The monoisotopic (exact) mass is 285 g/mol. The fourth-order valence-corrected chi connectivity index (χ4v) is 17.6. The summed E-state index contributed by atoms with van der Waals surface area (Å²) in [6.07, 6.45) is 0. The maximum Gasteiger partial charge on any atom is 0.0572 e. The third-order valence-electron chi connectivity index (χ3n) is 4.44. The molecule has 0 amide bonds. The molecular formula is C15H35NSi2. The van der Waals surface area contributed by atoms with Crippen LogP contribution in [0.4, 0.5) is 0 Å². The second-order valence-electron chi connectivity index (χ2n) is 6.17. The van der Waals surface area contributed by atoms with E-state index in [0.29, 0.717) is 6.04 Å². The zero-order valence-corrected chi connectivity index (χ0v) is 15.9. The average molecular weight is 286 g/mol. The summed E-state index contributed by atoms with van der Waals surface area (Å²) in [5.41, 5.74) is 4.27. The molecule has 1 atom stereocenters. The molecule has 0 fully saturated rings. The lowest BCUT2D eigenvalue weighted by atomic mass is 10.4. The van der Waals surface area contributed by atoms with Crippen molar-refractivity contribution in [3.63, 3.8) is 0 Å². The van der Waals surface area contributed by atoms with Gasteiger partial charge in [-0.2, -0.15) is 0 Å². The predicted molar refractivity (Wildman–Crippen MR) is 91.7 cm³/mol. The summed E-state index contributed by atoms with van der Waals surface area (Å²) in [6.45, 7) is 17.7. The Labute approximate surface area is 118 Å². The summed E-state index contributed by atoms with van der Waals surface area (Å²) < 4.78 is 0. The van der Waals surface area contributed by atoms with Crippen LogP contribution in [0.1, 0.15) is 48.5 Å². The molecule has 0 heterocycles. The molecule has 0 saturated heterocycles. The van der Waals surface area contributed by atoms with Gasteiger partial charge >= 0.3 is 0 Å². The van der Waals surface area contributed by atoms with Crippen LogP contribution in [-0.4, -0.2) is 28.5 Å². The first-order valence-corrected chi connectivity index (χ1v) is 13.7. The molecule has 0 spiro atoms. The minimum Gasteiger partial charge on any atom is -0.315 e. The Morgan fingerprint density at radius 1 is 1.11 bits per heavy atom. The summed E-state index contributed by atoms with van der Waals surface area (Å²) >= 11 is 0. The lowest BCUT2D eigenvalue weighted by Gasteiger charge is -2.35.